The monoisotopic (exact) mass is 273 g/mol. The van der Waals surface area contributed by atoms with Crippen molar-refractivity contribution >= 4 is 11.3 Å². The highest BCUT2D eigenvalue weighted by Gasteiger charge is 2.07. The van der Waals surface area contributed by atoms with Gasteiger partial charge in [0, 0.05) is 17.5 Å². The Bertz CT molecular complexity index is 436. The van der Waals surface area contributed by atoms with Gasteiger partial charge in [-0.05, 0) is 24.8 Å². The molecule has 0 fully saturated rings. The molecule has 0 saturated heterocycles. The van der Waals surface area contributed by atoms with Crippen LogP contribution in [-0.2, 0) is 6.42 Å². The zero-order chi connectivity index (χ0) is 13.3. The SMILES string of the molecule is CC(CCCCCCc1ccccc1)c1nccs1. The molecule has 0 N–H and O–H groups in total. The summed E-state index contributed by atoms with van der Waals surface area (Å²) in [6.45, 7) is 2.29. The quantitative estimate of drug-likeness (QED) is 0.584. The Balaban J connectivity index is 1.53. The number of rotatable bonds is 8. The first-order chi connectivity index (χ1) is 9.36. The van der Waals surface area contributed by atoms with Crippen molar-refractivity contribution in [2.24, 2.45) is 0 Å². The zero-order valence-electron chi connectivity index (χ0n) is 11.7. The topological polar surface area (TPSA) is 12.9 Å². The smallest absolute Gasteiger partial charge is 0.0953 e. The summed E-state index contributed by atoms with van der Waals surface area (Å²) in [4.78, 5) is 4.39. The molecule has 0 aliphatic heterocycles. The van der Waals surface area contributed by atoms with Crippen LogP contribution < -0.4 is 0 Å². The first kappa shape index (κ1) is 14.3. The molecule has 1 unspecified atom stereocenters. The van der Waals surface area contributed by atoms with Crippen molar-refractivity contribution in [3.63, 3.8) is 0 Å². The number of benzene rings is 1. The van der Waals surface area contributed by atoms with Crippen LogP contribution in [0.15, 0.2) is 41.9 Å². The van der Waals surface area contributed by atoms with Crippen molar-refractivity contribution in [1.29, 1.82) is 0 Å². The molecule has 0 bridgehead atoms. The Labute approximate surface area is 120 Å². The lowest BCUT2D eigenvalue weighted by Crippen LogP contribution is -1.93. The summed E-state index contributed by atoms with van der Waals surface area (Å²) in [5, 5.41) is 3.37. The van der Waals surface area contributed by atoms with Crippen LogP contribution in [0.1, 0.15) is 55.5 Å². The molecule has 1 aromatic carbocycles. The summed E-state index contributed by atoms with van der Waals surface area (Å²) in [6.07, 6.45) is 9.76. The Morgan fingerprint density at radius 2 is 1.84 bits per heavy atom. The fourth-order valence-corrected chi connectivity index (χ4v) is 3.11. The van der Waals surface area contributed by atoms with Crippen molar-refractivity contribution < 1.29 is 0 Å². The second-order valence-corrected chi connectivity index (χ2v) is 6.14. The number of thiazole rings is 1. The minimum atomic E-state index is 0.633. The highest BCUT2D eigenvalue weighted by atomic mass is 32.1. The normalized spacial score (nSPS) is 12.5. The van der Waals surface area contributed by atoms with Crippen molar-refractivity contribution in [3.05, 3.63) is 52.5 Å². The molecule has 0 amide bonds. The molecular weight excluding hydrogens is 250 g/mol. The van der Waals surface area contributed by atoms with Crippen LogP contribution in [0.2, 0.25) is 0 Å². The Morgan fingerprint density at radius 1 is 1.05 bits per heavy atom. The molecule has 0 saturated carbocycles. The number of nitrogens with zero attached hydrogens (tertiary/aromatic N) is 1. The van der Waals surface area contributed by atoms with E-state index in [-0.39, 0.29) is 0 Å². The average molecular weight is 273 g/mol. The summed E-state index contributed by atoms with van der Waals surface area (Å²) < 4.78 is 0. The van der Waals surface area contributed by atoms with E-state index in [9.17, 15) is 0 Å². The molecule has 2 rings (SSSR count). The number of hydrogen-bond donors (Lipinski definition) is 0. The number of hydrogen-bond acceptors (Lipinski definition) is 2. The van der Waals surface area contributed by atoms with Gasteiger partial charge >= 0.3 is 0 Å². The minimum absolute atomic E-state index is 0.633. The summed E-state index contributed by atoms with van der Waals surface area (Å²) in [7, 11) is 0. The van der Waals surface area contributed by atoms with Crippen LogP contribution in [0, 0.1) is 0 Å². The van der Waals surface area contributed by atoms with Gasteiger partial charge in [0.1, 0.15) is 0 Å². The van der Waals surface area contributed by atoms with Gasteiger partial charge in [0.25, 0.3) is 0 Å². The first-order valence-corrected chi connectivity index (χ1v) is 8.17. The van der Waals surface area contributed by atoms with E-state index in [2.05, 4.69) is 47.6 Å². The van der Waals surface area contributed by atoms with E-state index in [0.29, 0.717) is 5.92 Å². The first-order valence-electron chi connectivity index (χ1n) is 7.29. The highest BCUT2D eigenvalue weighted by molar-refractivity contribution is 7.09. The Kier molecular flexibility index (Phi) is 6.09. The lowest BCUT2D eigenvalue weighted by Gasteiger charge is -2.07. The van der Waals surface area contributed by atoms with Crippen molar-refractivity contribution in [3.8, 4) is 0 Å². The minimum Gasteiger partial charge on any atom is -0.249 e. The molecule has 2 aromatic rings. The maximum Gasteiger partial charge on any atom is 0.0953 e. The van der Waals surface area contributed by atoms with Gasteiger partial charge in [-0.3, -0.25) is 0 Å². The molecule has 102 valence electrons. The summed E-state index contributed by atoms with van der Waals surface area (Å²) in [5.74, 6) is 0.633. The predicted octanol–water partition coefficient (Wildman–Crippen LogP) is 5.44. The lowest BCUT2D eigenvalue weighted by molar-refractivity contribution is 0.569. The van der Waals surface area contributed by atoms with Gasteiger partial charge in [0.15, 0.2) is 0 Å². The summed E-state index contributed by atoms with van der Waals surface area (Å²) >= 11 is 1.79. The fourth-order valence-electron chi connectivity index (χ4n) is 2.38. The summed E-state index contributed by atoms with van der Waals surface area (Å²) in [5.41, 5.74) is 1.47. The molecular formula is C17H23NS. The molecule has 0 aliphatic carbocycles. The third-order valence-corrected chi connectivity index (χ3v) is 4.58. The van der Waals surface area contributed by atoms with E-state index in [0.717, 1.165) is 0 Å². The van der Waals surface area contributed by atoms with Gasteiger partial charge in [0.05, 0.1) is 5.01 Å². The van der Waals surface area contributed by atoms with E-state index in [1.165, 1.54) is 49.1 Å². The van der Waals surface area contributed by atoms with Crippen LogP contribution >= 0.6 is 11.3 Å². The van der Waals surface area contributed by atoms with Crippen molar-refractivity contribution in [2.45, 2.75) is 51.4 Å². The van der Waals surface area contributed by atoms with Crippen LogP contribution in [0.5, 0.6) is 0 Å². The Morgan fingerprint density at radius 3 is 2.58 bits per heavy atom. The van der Waals surface area contributed by atoms with Crippen molar-refractivity contribution in [1.82, 2.24) is 4.98 Å². The van der Waals surface area contributed by atoms with E-state index < -0.39 is 0 Å². The molecule has 1 atom stereocenters. The molecule has 1 heterocycles. The molecule has 1 aromatic heterocycles. The summed E-state index contributed by atoms with van der Waals surface area (Å²) in [6, 6.07) is 10.8. The van der Waals surface area contributed by atoms with Gasteiger partial charge in [-0.25, -0.2) is 4.98 Å². The predicted molar refractivity (Wildman–Crippen MR) is 83.8 cm³/mol. The van der Waals surface area contributed by atoms with Gasteiger partial charge in [0.2, 0.25) is 0 Å². The maximum absolute atomic E-state index is 4.39. The second kappa shape index (κ2) is 8.11. The van der Waals surface area contributed by atoms with E-state index >= 15 is 0 Å². The fraction of sp³-hybridized carbons (Fsp3) is 0.471. The molecule has 1 nitrogen and oxygen atoms in total. The van der Waals surface area contributed by atoms with Crippen LogP contribution in [0.25, 0.3) is 0 Å². The Hall–Kier alpha value is -1.15. The van der Waals surface area contributed by atoms with Crippen LogP contribution in [0.4, 0.5) is 0 Å². The van der Waals surface area contributed by atoms with E-state index in [1.807, 2.05) is 6.20 Å². The molecule has 0 radical (unpaired) electrons. The zero-order valence-corrected chi connectivity index (χ0v) is 12.5. The van der Waals surface area contributed by atoms with Crippen LogP contribution in [0.3, 0.4) is 0 Å². The number of aromatic nitrogens is 1. The van der Waals surface area contributed by atoms with Gasteiger partial charge in [-0.15, -0.1) is 11.3 Å². The lowest BCUT2D eigenvalue weighted by atomic mass is 10.0. The third-order valence-electron chi connectivity index (χ3n) is 3.57. The third kappa shape index (κ3) is 5.15. The molecule has 2 heteroatoms. The number of aryl methyl sites for hydroxylation is 1. The van der Waals surface area contributed by atoms with Gasteiger partial charge < -0.3 is 0 Å². The van der Waals surface area contributed by atoms with Gasteiger partial charge in [-0.2, -0.15) is 0 Å². The largest absolute Gasteiger partial charge is 0.249 e. The van der Waals surface area contributed by atoms with Crippen LogP contribution in [-0.4, -0.2) is 4.98 Å². The maximum atomic E-state index is 4.39. The average Bonchev–Trinajstić information content (AvgIpc) is 2.98. The highest BCUT2D eigenvalue weighted by Crippen LogP contribution is 2.23. The molecule has 0 aliphatic rings. The number of unbranched alkanes of at least 4 members (excludes halogenated alkanes) is 3. The van der Waals surface area contributed by atoms with E-state index in [1.54, 1.807) is 11.3 Å². The standard InChI is InChI=1S/C17H23NS/c1-15(17-18-13-14-19-17)9-5-2-3-6-10-16-11-7-4-8-12-16/h4,7-8,11-15H,2-3,5-6,9-10H2,1H3. The van der Waals surface area contributed by atoms with Crippen molar-refractivity contribution in [2.75, 3.05) is 0 Å². The molecule has 0 spiro atoms. The van der Waals surface area contributed by atoms with E-state index in [4.69, 9.17) is 0 Å². The molecule has 19 heavy (non-hydrogen) atoms. The van der Waals surface area contributed by atoms with Gasteiger partial charge in [-0.1, -0.05) is 56.5 Å². The second-order valence-electron chi connectivity index (χ2n) is 5.21.